The summed E-state index contributed by atoms with van der Waals surface area (Å²) < 4.78 is 0. The molecule has 2 aliphatic rings. The summed E-state index contributed by atoms with van der Waals surface area (Å²) in [6, 6.07) is 10.7. The van der Waals surface area contributed by atoms with E-state index in [4.69, 9.17) is 5.11 Å². The normalized spacial score (nSPS) is 28.0. The Morgan fingerprint density at radius 1 is 1.19 bits per heavy atom. The van der Waals surface area contributed by atoms with E-state index in [-0.39, 0.29) is 23.1 Å². The van der Waals surface area contributed by atoms with Crippen LogP contribution in [0.2, 0.25) is 0 Å². The predicted octanol–water partition coefficient (Wildman–Crippen LogP) is 4.03. The van der Waals surface area contributed by atoms with Crippen molar-refractivity contribution in [3.63, 3.8) is 0 Å². The molecule has 2 fully saturated rings. The van der Waals surface area contributed by atoms with Crippen LogP contribution in [0.1, 0.15) is 56.9 Å². The molecule has 142 valence electrons. The van der Waals surface area contributed by atoms with E-state index >= 15 is 0 Å². The second-order valence-electron chi connectivity index (χ2n) is 8.12. The highest BCUT2D eigenvalue weighted by atomic mass is 32.2. The monoisotopic (exact) mass is 375 g/mol. The molecule has 2 bridgehead atoms. The first-order valence-electron chi connectivity index (χ1n) is 9.57. The van der Waals surface area contributed by atoms with Gasteiger partial charge in [-0.1, -0.05) is 30.3 Å². The van der Waals surface area contributed by atoms with Gasteiger partial charge in [0, 0.05) is 12.0 Å². The number of fused-ring (bicyclic) bond motifs is 2. The molecule has 4 nitrogen and oxygen atoms in total. The minimum Gasteiger partial charge on any atom is -0.481 e. The summed E-state index contributed by atoms with van der Waals surface area (Å²) in [6.45, 7) is 0. The summed E-state index contributed by atoms with van der Waals surface area (Å²) >= 11 is 1.53. The van der Waals surface area contributed by atoms with E-state index in [9.17, 15) is 9.59 Å². The summed E-state index contributed by atoms with van der Waals surface area (Å²) in [5.41, 5.74) is 1.70. The number of carbonyl (C=O) groups is 2. The van der Waals surface area contributed by atoms with Gasteiger partial charge in [-0.15, -0.1) is 0 Å². The van der Waals surface area contributed by atoms with Crippen molar-refractivity contribution < 1.29 is 14.7 Å². The average Bonchev–Trinajstić information content (AvgIpc) is 3.14. The standard InChI is InChI=1S/C21H29NO3S/c1-26-17(8-5-9-18(23)24)19(25)22-21-12-10-20(15-21,11-13-21)14-16-6-3-2-4-7-16/h2-4,6-7,17H,5,8-15H2,1H3,(H,22,25)(H,23,24). The Kier molecular flexibility index (Phi) is 5.96. The molecule has 26 heavy (non-hydrogen) atoms. The van der Waals surface area contributed by atoms with Gasteiger partial charge in [0.1, 0.15) is 0 Å². The maximum atomic E-state index is 12.8. The molecule has 1 aromatic carbocycles. The number of benzene rings is 1. The van der Waals surface area contributed by atoms with Gasteiger partial charge in [-0.05, 0) is 68.6 Å². The SMILES string of the molecule is CSC(CCCC(=O)O)C(=O)NC12CCC(Cc3ccccc3)(CC1)C2. The van der Waals surface area contributed by atoms with Crippen molar-refractivity contribution in [1.82, 2.24) is 5.32 Å². The van der Waals surface area contributed by atoms with Gasteiger partial charge >= 0.3 is 5.97 Å². The Hall–Kier alpha value is -1.49. The highest BCUT2D eigenvalue weighted by Gasteiger charge is 2.54. The van der Waals surface area contributed by atoms with Gasteiger partial charge in [-0.3, -0.25) is 9.59 Å². The number of carbonyl (C=O) groups excluding carboxylic acids is 1. The highest BCUT2D eigenvalue weighted by molar-refractivity contribution is 7.99. The fraction of sp³-hybridized carbons (Fsp3) is 0.619. The third kappa shape index (κ3) is 4.43. The molecular formula is C21H29NO3S. The van der Waals surface area contributed by atoms with Gasteiger partial charge in [0.25, 0.3) is 0 Å². The van der Waals surface area contributed by atoms with Crippen LogP contribution in [-0.4, -0.2) is 34.0 Å². The second kappa shape index (κ2) is 8.03. The summed E-state index contributed by atoms with van der Waals surface area (Å²) in [4.78, 5) is 23.5. The number of hydrogen-bond donors (Lipinski definition) is 2. The third-order valence-corrected chi connectivity index (χ3v) is 7.24. The smallest absolute Gasteiger partial charge is 0.303 e. The van der Waals surface area contributed by atoms with Crippen molar-refractivity contribution in [2.24, 2.45) is 5.41 Å². The lowest BCUT2D eigenvalue weighted by atomic mass is 9.79. The zero-order chi connectivity index (χ0) is 18.6. The van der Waals surface area contributed by atoms with Gasteiger partial charge in [0.05, 0.1) is 5.25 Å². The molecule has 0 saturated heterocycles. The molecule has 3 rings (SSSR count). The summed E-state index contributed by atoms with van der Waals surface area (Å²) in [5, 5.41) is 12.0. The van der Waals surface area contributed by atoms with Crippen LogP contribution in [0.15, 0.2) is 30.3 Å². The molecule has 1 aromatic rings. The minimum absolute atomic E-state index is 0.0351. The fourth-order valence-corrected chi connectivity index (χ4v) is 5.58. The van der Waals surface area contributed by atoms with Crippen molar-refractivity contribution in [2.75, 3.05) is 6.26 Å². The quantitative estimate of drug-likeness (QED) is 0.684. The first-order valence-corrected chi connectivity index (χ1v) is 10.9. The summed E-state index contributed by atoms with van der Waals surface area (Å²) in [7, 11) is 0. The summed E-state index contributed by atoms with van der Waals surface area (Å²) in [6.07, 6.45) is 9.96. The molecule has 0 radical (unpaired) electrons. The molecule has 1 unspecified atom stereocenters. The van der Waals surface area contributed by atoms with Crippen LogP contribution in [0.3, 0.4) is 0 Å². The molecule has 2 saturated carbocycles. The van der Waals surface area contributed by atoms with E-state index in [1.54, 1.807) is 0 Å². The van der Waals surface area contributed by atoms with Crippen LogP contribution >= 0.6 is 11.8 Å². The molecule has 5 heteroatoms. The minimum atomic E-state index is -0.791. The number of amides is 1. The number of aliphatic carboxylic acids is 1. The van der Waals surface area contributed by atoms with E-state index in [0.717, 1.165) is 25.7 Å². The maximum Gasteiger partial charge on any atom is 0.303 e. The molecule has 0 aliphatic heterocycles. The average molecular weight is 376 g/mol. The van der Waals surface area contributed by atoms with Gasteiger partial charge in [0.2, 0.25) is 5.91 Å². The van der Waals surface area contributed by atoms with E-state index in [2.05, 4.69) is 35.6 Å². The number of thioether (sulfide) groups is 1. The molecule has 1 atom stereocenters. The van der Waals surface area contributed by atoms with Crippen LogP contribution in [0, 0.1) is 5.41 Å². The van der Waals surface area contributed by atoms with E-state index in [0.29, 0.717) is 18.3 Å². The molecule has 1 amide bonds. The van der Waals surface area contributed by atoms with Crippen molar-refractivity contribution in [2.45, 2.75) is 68.6 Å². The van der Waals surface area contributed by atoms with E-state index < -0.39 is 5.97 Å². The molecule has 0 aromatic heterocycles. The van der Waals surface area contributed by atoms with E-state index in [1.165, 1.54) is 30.2 Å². The molecule has 0 heterocycles. The lowest BCUT2D eigenvalue weighted by Gasteiger charge is -2.30. The van der Waals surface area contributed by atoms with Crippen molar-refractivity contribution in [3.8, 4) is 0 Å². The Labute approximate surface area is 160 Å². The van der Waals surface area contributed by atoms with Gasteiger partial charge < -0.3 is 10.4 Å². The molecular weight excluding hydrogens is 346 g/mol. The number of nitrogens with one attached hydrogen (secondary N) is 1. The second-order valence-corrected chi connectivity index (χ2v) is 9.16. The Morgan fingerprint density at radius 2 is 1.88 bits per heavy atom. The van der Waals surface area contributed by atoms with Gasteiger partial charge in [-0.25, -0.2) is 0 Å². The van der Waals surface area contributed by atoms with Crippen LogP contribution in [0.4, 0.5) is 0 Å². The van der Waals surface area contributed by atoms with Crippen molar-refractivity contribution in [1.29, 1.82) is 0 Å². The third-order valence-electron chi connectivity index (χ3n) is 6.23. The number of rotatable bonds is 9. The Balaban J connectivity index is 1.57. The van der Waals surface area contributed by atoms with Crippen LogP contribution in [0.25, 0.3) is 0 Å². The maximum absolute atomic E-state index is 12.8. The first kappa shape index (κ1) is 19.3. The summed E-state index contributed by atoms with van der Waals surface area (Å²) in [5.74, 6) is -0.693. The molecule has 2 N–H and O–H groups in total. The largest absolute Gasteiger partial charge is 0.481 e. The predicted molar refractivity (Wildman–Crippen MR) is 105 cm³/mol. The number of carboxylic acid groups (broad SMARTS) is 1. The van der Waals surface area contributed by atoms with Crippen molar-refractivity contribution >= 4 is 23.6 Å². The molecule has 2 aliphatic carbocycles. The zero-order valence-electron chi connectivity index (χ0n) is 15.5. The van der Waals surface area contributed by atoms with Crippen LogP contribution < -0.4 is 5.32 Å². The zero-order valence-corrected chi connectivity index (χ0v) is 16.3. The lowest BCUT2D eigenvalue weighted by Crippen LogP contribution is -2.48. The van der Waals surface area contributed by atoms with Crippen molar-refractivity contribution in [3.05, 3.63) is 35.9 Å². The highest BCUT2D eigenvalue weighted by Crippen LogP contribution is 2.58. The van der Waals surface area contributed by atoms with Gasteiger partial charge in [0.15, 0.2) is 0 Å². The number of hydrogen-bond acceptors (Lipinski definition) is 3. The van der Waals surface area contributed by atoms with E-state index in [1.807, 2.05) is 6.26 Å². The van der Waals surface area contributed by atoms with Crippen LogP contribution in [-0.2, 0) is 16.0 Å². The Morgan fingerprint density at radius 3 is 2.50 bits per heavy atom. The van der Waals surface area contributed by atoms with Gasteiger partial charge in [-0.2, -0.15) is 11.8 Å². The topological polar surface area (TPSA) is 66.4 Å². The first-order chi connectivity index (χ1) is 12.5. The Bertz CT molecular complexity index is 638. The van der Waals surface area contributed by atoms with Crippen LogP contribution in [0.5, 0.6) is 0 Å². The lowest BCUT2D eigenvalue weighted by molar-refractivity contribution is -0.137. The number of carboxylic acids is 1. The fourth-order valence-electron chi connectivity index (χ4n) is 4.90. The molecule has 0 spiro atoms.